The van der Waals surface area contributed by atoms with Gasteiger partial charge in [-0.25, -0.2) is 9.59 Å². The Kier molecular flexibility index (Phi) is 6.49. The van der Waals surface area contributed by atoms with Crippen molar-refractivity contribution < 1.29 is 28.5 Å². The first kappa shape index (κ1) is 19.6. The summed E-state index contributed by atoms with van der Waals surface area (Å²) in [6, 6.07) is 5.56. The number of carbonyl (C=O) groups is 2. The Balaban J connectivity index is 1.99. The standard InChI is InChI=1S/C19H25NO6/c1-5-6-9-24-15-8-7-13(10-16(15)23-4)11-20-12-14-17(21)25-19(2,3)26-18(14)22/h7-8,10,12,20H,5-6,9,11H2,1-4H3. The number of unbranched alkanes of at least 4 members (excludes halogenated alkanes) is 1. The van der Waals surface area contributed by atoms with E-state index in [9.17, 15) is 9.59 Å². The molecular weight excluding hydrogens is 338 g/mol. The predicted octanol–water partition coefficient (Wildman–Crippen LogP) is 2.68. The number of rotatable bonds is 8. The summed E-state index contributed by atoms with van der Waals surface area (Å²) in [7, 11) is 1.58. The predicted molar refractivity (Wildman–Crippen MR) is 94.6 cm³/mol. The molecule has 0 unspecified atom stereocenters. The molecule has 0 radical (unpaired) electrons. The summed E-state index contributed by atoms with van der Waals surface area (Å²) >= 11 is 0. The number of ether oxygens (including phenoxy) is 4. The summed E-state index contributed by atoms with van der Waals surface area (Å²) in [6.07, 6.45) is 3.34. The van der Waals surface area contributed by atoms with E-state index in [1.165, 1.54) is 20.0 Å². The number of hydrogen-bond acceptors (Lipinski definition) is 7. The van der Waals surface area contributed by atoms with Gasteiger partial charge in [0.1, 0.15) is 0 Å². The number of carbonyl (C=O) groups excluding carboxylic acids is 2. The fraction of sp³-hybridized carbons (Fsp3) is 0.474. The summed E-state index contributed by atoms with van der Waals surface area (Å²) in [6.45, 7) is 6.13. The number of nitrogens with one attached hydrogen (secondary N) is 1. The molecule has 26 heavy (non-hydrogen) atoms. The molecule has 2 rings (SSSR count). The molecule has 0 spiro atoms. The molecule has 1 heterocycles. The Morgan fingerprint density at radius 1 is 1.15 bits per heavy atom. The monoisotopic (exact) mass is 363 g/mol. The number of hydrogen-bond donors (Lipinski definition) is 1. The number of benzene rings is 1. The fourth-order valence-corrected chi connectivity index (χ4v) is 2.32. The lowest BCUT2D eigenvalue weighted by Crippen LogP contribution is -2.42. The van der Waals surface area contributed by atoms with E-state index in [4.69, 9.17) is 18.9 Å². The Morgan fingerprint density at radius 3 is 2.46 bits per heavy atom. The lowest BCUT2D eigenvalue weighted by atomic mass is 10.2. The molecule has 0 bridgehead atoms. The molecule has 1 aliphatic rings. The normalized spacial score (nSPS) is 15.8. The molecule has 0 aliphatic carbocycles. The number of esters is 2. The molecule has 7 nitrogen and oxygen atoms in total. The van der Waals surface area contributed by atoms with Crippen molar-refractivity contribution >= 4 is 11.9 Å². The van der Waals surface area contributed by atoms with E-state index in [1.54, 1.807) is 7.11 Å². The maximum atomic E-state index is 11.9. The summed E-state index contributed by atoms with van der Waals surface area (Å²) < 4.78 is 21.1. The minimum absolute atomic E-state index is 0.171. The van der Waals surface area contributed by atoms with Crippen molar-refractivity contribution in [1.29, 1.82) is 0 Å². The van der Waals surface area contributed by atoms with Gasteiger partial charge in [0.05, 0.1) is 13.7 Å². The zero-order valence-corrected chi connectivity index (χ0v) is 15.6. The molecule has 0 amide bonds. The second-order valence-corrected chi connectivity index (χ2v) is 6.31. The Labute approximate surface area is 153 Å². The SMILES string of the molecule is CCCCOc1ccc(CNC=C2C(=O)OC(C)(C)OC2=O)cc1OC. The largest absolute Gasteiger partial charge is 0.493 e. The molecule has 7 heteroatoms. The van der Waals surface area contributed by atoms with Crippen LogP contribution in [0.2, 0.25) is 0 Å². The fourth-order valence-electron chi connectivity index (χ4n) is 2.32. The third kappa shape index (κ3) is 5.15. The van der Waals surface area contributed by atoms with Crippen LogP contribution in [-0.2, 0) is 25.6 Å². The third-order valence-corrected chi connectivity index (χ3v) is 3.65. The quantitative estimate of drug-likeness (QED) is 0.329. The Bertz CT molecular complexity index is 673. The van der Waals surface area contributed by atoms with Gasteiger partial charge >= 0.3 is 11.9 Å². The molecule has 1 N–H and O–H groups in total. The van der Waals surface area contributed by atoms with E-state index in [0.29, 0.717) is 24.7 Å². The van der Waals surface area contributed by atoms with Gasteiger partial charge in [0, 0.05) is 26.6 Å². The second-order valence-electron chi connectivity index (χ2n) is 6.31. The van der Waals surface area contributed by atoms with Crippen molar-refractivity contribution in [3.63, 3.8) is 0 Å². The van der Waals surface area contributed by atoms with Crippen molar-refractivity contribution in [3.05, 3.63) is 35.5 Å². The summed E-state index contributed by atoms with van der Waals surface area (Å²) in [5, 5.41) is 2.92. The van der Waals surface area contributed by atoms with Crippen LogP contribution >= 0.6 is 0 Å². The molecule has 0 aromatic heterocycles. The minimum Gasteiger partial charge on any atom is -0.493 e. The average molecular weight is 363 g/mol. The summed E-state index contributed by atoms with van der Waals surface area (Å²) in [5.74, 6) is -1.35. The lowest BCUT2D eigenvalue weighted by Gasteiger charge is -2.29. The molecule has 1 fully saturated rings. The maximum absolute atomic E-state index is 11.9. The first-order valence-electron chi connectivity index (χ1n) is 8.56. The zero-order valence-electron chi connectivity index (χ0n) is 15.6. The van der Waals surface area contributed by atoms with Crippen LogP contribution in [0.15, 0.2) is 30.0 Å². The number of cyclic esters (lactones) is 2. The van der Waals surface area contributed by atoms with Crippen LogP contribution in [0.4, 0.5) is 0 Å². The average Bonchev–Trinajstić information content (AvgIpc) is 2.57. The van der Waals surface area contributed by atoms with E-state index in [0.717, 1.165) is 18.4 Å². The zero-order chi connectivity index (χ0) is 19.2. The number of methoxy groups -OCH3 is 1. The van der Waals surface area contributed by atoms with Gasteiger partial charge in [-0.3, -0.25) is 0 Å². The van der Waals surface area contributed by atoms with Crippen molar-refractivity contribution in [3.8, 4) is 11.5 Å². The van der Waals surface area contributed by atoms with Gasteiger partial charge in [0.15, 0.2) is 17.1 Å². The molecule has 1 aromatic rings. The highest BCUT2D eigenvalue weighted by Crippen LogP contribution is 2.28. The maximum Gasteiger partial charge on any atom is 0.350 e. The summed E-state index contributed by atoms with van der Waals surface area (Å²) in [4.78, 5) is 23.7. The van der Waals surface area contributed by atoms with Crippen LogP contribution in [0.25, 0.3) is 0 Å². The van der Waals surface area contributed by atoms with Crippen LogP contribution in [-0.4, -0.2) is 31.4 Å². The highest BCUT2D eigenvalue weighted by molar-refractivity contribution is 6.15. The minimum atomic E-state index is -1.24. The van der Waals surface area contributed by atoms with Crippen LogP contribution in [0.1, 0.15) is 39.2 Å². The van der Waals surface area contributed by atoms with Gasteiger partial charge < -0.3 is 24.3 Å². The van der Waals surface area contributed by atoms with Gasteiger partial charge in [-0.1, -0.05) is 19.4 Å². The van der Waals surface area contributed by atoms with Gasteiger partial charge in [-0.05, 0) is 24.1 Å². The second kappa shape index (κ2) is 8.60. The van der Waals surface area contributed by atoms with E-state index in [1.807, 2.05) is 18.2 Å². The topological polar surface area (TPSA) is 83.1 Å². The van der Waals surface area contributed by atoms with Crippen LogP contribution in [0.3, 0.4) is 0 Å². The van der Waals surface area contributed by atoms with Crippen molar-refractivity contribution in [2.45, 2.75) is 45.9 Å². The lowest BCUT2D eigenvalue weighted by molar-refractivity contribution is -0.222. The smallest absolute Gasteiger partial charge is 0.350 e. The van der Waals surface area contributed by atoms with Crippen LogP contribution < -0.4 is 14.8 Å². The van der Waals surface area contributed by atoms with E-state index in [-0.39, 0.29) is 5.57 Å². The molecule has 1 aromatic carbocycles. The van der Waals surface area contributed by atoms with E-state index < -0.39 is 17.7 Å². The molecule has 0 saturated carbocycles. The van der Waals surface area contributed by atoms with E-state index in [2.05, 4.69) is 12.2 Å². The van der Waals surface area contributed by atoms with Crippen LogP contribution in [0.5, 0.6) is 11.5 Å². The molecule has 142 valence electrons. The van der Waals surface area contributed by atoms with Crippen molar-refractivity contribution in [2.75, 3.05) is 13.7 Å². The highest BCUT2D eigenvalue weighted by atomic mass is 16.7. The Morgan fingerprint density at radius 2 is 1.85 bits per heavy atom. The van der Waals surface area contributed by atoms with Gasteiger partial charge in [-0.2, -0.15) is 0 Å². The molecule has 0 atom stereocenters. The van der Waals surface area contributed by atoms with E-state index >= 15 is 0 Å². The van der Waals surface area contributed by atoms with Crippen molar-refractivity contribution in [2.24, 2.45) is 0 Å². The molecular formula is C19H25NO6. The Hall–Kier alpha value is -2.70. The first-order valence-corrected chi connectivity index (χ1v) is 8.56. The van der Waals surface area contributed by atoms with Gasteiger partial charge in [-0.15, -0.1) is 0 Å². The van der Waals surface area contributed by atoms with Gasteiger partial charge in [0.2, 0.25) is 0 Å². The summed E-state index contributed by atoms with van der Waals surface area (Å²) in [5.41, 5.74) is 0.732. The molecule has 1 saturated heterocycles. The van der Waals surface area contributed by atoms with Gasteiger partial charge in [0.25, 0.3) is 5.79 Å². The third-order valence-electron chi connectivity index (χ3n) is 3.65. The van der Waals surface area contributed by atoms with Crippen molar-refractivity contribution in [1.82, 2.24) is 5.32 Å². The highest BCUT2D eigenvalue weighted by Gasteiger charge is 2.38. The first-order chi connectivity index (χ1) is 12.4. The molecule has 1 aliphatic heterocycles. The van der Waals surface area contributed by atoms with Crippen LogP contribution in [0, 0.1) is 0 Å².